The van der Waals surface area contributed by atoms with Crippen LogP contribution in [0, 0.1) is 0 Å². The SMILES string of the molecule is COc1cccc(C(O)(CCN(C)C)C(c2ccoc2)c2cc3cc(Br)ccc3nc2OC)c1OC. The molecule has 0 spiro atoms. The van der Waals surface area contributed by atoms with Crippen molar-refractivity contribution in [2.24, 2.45) is 0 Å². The van der Waals surface area contributed by atoms with Crippen LogP contribution in [0.15, 0.2) is 69.9 Å². The van der Waals surface area contributed by atoms with Crippen LogP contribution in [0.1, 0.15) is 29.0 Å². The highest BCUT2D eigenvalue weighted by atomic mass is 79.9. The Balaban J connectivity index is 2.05. The number of furan rings is 1. The van der Waals surface area contributed by atoms with Crippen LogP contribution in [0.5, 0.6) is 17.4 Å². The maximum absolute atomic E-state index is 12.8. The van der Waals surface area contributed by atoms with Gasteiger partial charge in [-0.15, -0.1) is 0 Å². The molecule has 7 nitrogen and oxygen atoms in total. The maximum atomic E-state index is 12.8. The second-order valence-corrected chi connectivity index (χ2v) is 9.85. The van der Waals surface area contributed by atoms with Gasteiger partial charge in [-0.1, -0.05) is 28.1 Å². The predicted octanol–water partition coefficient (Wildman–Crippen LogP) is 5.59. The first kappa shape index (κ1) is 26.0. The Morgan fingerprint density at radius 3 is 2.50 bits per heavy atom. The highest BCUT2D eigenvalue weighted by molar-refractivity contribution is 9.10. The van der Waals surface area contributed by atoms with Gasteiger partial charge < -0.3 is 28.6 Å². The van der Waals surface area contributed by atoms with Gasteiger partial charge in [0.05, 0.1) is 45.3 Å². The third-order valence-corrected chi connectivity index (χ3v) is 6.93. The molecular weight excluding hydrogens is 524 g/mol. The fourth-order valence-electron chi connectivity index (χ4n) is 4.72. The minimum atomic E-state index is -1.44. The zero-order chi connectivity index (χ0) is 25.9. The van der Waals surface area contributed by atoms with Crippen LogP contribution in [-0.2, 0) is 5.60 Å². The lowest BCUT2D eigenvalue weighted by atomic mass is 9.72. The maximum Gasteiger partial charge on any atom is 0.217 e. The second kappa shape index (κ2) is 10.9. The number of aromatic nitrogens is 1. The summed E-state index contributed by atoms with van der Waals surface area (Å²) in [7, 11) is 8.71. The van der Waals surface area contributed by atoms with Crippen molar-refractivity contribution in [3.63, 3.8) is 0 Å². The van der Waals surface area contributed by atoms with Gasteiger partial charge in [-0.05, 0) is 56.9 Å². The van der Waals surface area contributed by atoms with Crippen molar-refractivity contribution in [1.29, 1.82) is 0 Å². The number of pyridine rings is 1. The standard InChI is InChI=1S/C28H31BrN2O5/c1-31(2)13-12-28(32,22-7-6-8-24(33-3)26(22)34-4)25(18-11-14-36-17-18)21-16-19-15-20(29)9-10-23(19)30-27(21)35-5/h6-11,14-17,25,32H,12-13H2,1-5H3. The fourth-order valence-corrected chi connectivity index (χ4v) is 5.10. The first-order chi connectivity index (χ1) is 17.3. The summed E-state index contributed by atoms with van der Waals surface area (Å²) >= 11 is 3.56. The van der Waals surface area contributed by atoms with E-state index in [1.807, 2.05) is 67.5 Å². The van der Waals surface area contributed by atoms with E-state index >= 15 is 0 Å². The third-order valence-electron chi connectivity index (χ3n) is 6.44. The van der Waals surface area contributed by atoms with Gasteiger partial charge >= 0.3 is 0 Å². The first-order valence-corrected chi connectivity index (χ1v) is 12.4. The van der Waals surface area contributed by atoms with Crippen LogP contribution in [0.2, 0.25) is 0 Å². The summed E-state index contributed by atoms with van der Waals surface area (Å²) in [5.41, 5.74) is 1.48. The molecule has 36 heavy (non-hydrogen) atoms. The molecule has 0 fully saturated rings. The van der Waals surface area contributed by atoms with Gasteiger partial charge in [0.25, 0.3) is 0 Å². The Bertz CT molecular complexity index is 1330. The van der Waals surface area contributed by atoms with Crippen LogP contribution in [0.4, 0.5) is 0 Å². The number of benzene rings is 2. The van der Waals surface area contributed by atoms with Gasteiger partial charge in [-0.2, -0.15) is 0 Å². The molecule has 4 aromatic rings. The highest BCUT2D eigenvalue weighted by Gasteiger charge is 2.45. The lowest BCUT2D eigenvalue weighted by Gasteiger charge is -2.39. The van der Waals surface area contributed by atoms with Crippen molar-refractivity contribution < 1.29 is 23.7 Å². The zero-order valence-electron chi connectivity index (χ0n) is 21.1. The smallest absolute Gasteiger partial charge is 0.217 e. The summed E-state index contributed by atoms with van der Waals surface area (Å²) in [5.74, 6) is 0.853. The number of methoxy groups -OCH3 is 3. The molecule has 4 rings (SSSR count). The molecule has 0 saturated carbocycles. The van der Waals surface area contributed by atoms with Crippen molar-refractivity contribution in [3.05, 3.63) is 82.2 Å². The van der Waals surface area contributed by atoms with E-state index in [9.17, 15) is 5.11 Å². The van der Waals surface area contributed by atoms with E-state index in [1.54, 1.807) is 33.9 Å². The molecule has 0 bridgehead atoms. The van der Waals surface area contributed by atoms with Gasteiger partial charge in [0.2, 0.25) is 5.88 Å². The van der Waals surface area contributed by atoms with E-state index in [-0.39, 0.29) is 0 Å². The Morgan fingerprint density at radius 2 is 1.86 bits per heavy atom. The molecule has 2 unspecified atom stereocenters. The molecule has 190 valence electrons. The third kappa shape index (κ3) is 4.93. The molecule has 0 aliphatic carbocycles. The van der Waals surface area contributed by atoms with Crippen LogP contribution >= 0.6 is 15.9 Å². The number of rotatable bonds is 10. The van der Waals surface area contributed by atoms with E-state index in [4.69, 9.17) is 23.6 Å². The Hall–Kier alpha value is -3.07. The number of ether oxygens (including phenoxy) is 3. The van der Waals surface area contributed by atoms with Gasteiger partial charge in [-0.3, -0.25) is 0 Å². The number of para-hydroxylation sites is 1. The Morgan fingerprint density at radius 1 is 1.06 bits per heavy atom. The number of hydrogen-bond donors (Lipinski definition) is 1. The highest BCUT2D eigenvalue weighted by Crippen LogP contribution is 2.51. The van der Waals surface area contributed by atoms with Gasteiger partial charge in [0.1, 0.15) is 5.60 Å². The lowest BCUT2D eigenvalue weighted by Crippen LogP contribution is -2.38. The number of aliphatic hydroxyl groups is 1. The van der Waals surface area contributed by atoms with Crippen LogP contribution < -0.4 is 14.2 Å². The molecule has 2 atom stereocenters. The normalized spacial score (nSPS) is 14.0. The molecule has 8 heteroatoms. The van der Waals surface area contributed by atoms with E-state index in [0.717, 1.165) is 26.5 Å². The molecular formula is C28H31BrN2O5. The van der Waals surface area contributed by atoms with Crippen LogP contribution in [-0.4, -0.2) is 57.0 Å². The fraction of sp³-hybridized carbons (Fsp3) is 0.321. The van der Waals surface area contributed by atoms with E-state index in [0.29, 0.717) is 35.9 Å². The molecule has 0 aliphatic rings. The molecule has 0 saturated heterocycles. The molecule has 2 aromatic carbocycles. The number of fused-ring (bicyclic) bond motifs is 1. The average molecular weight is 555 g/mol. The Kier molecular flexibility index (Phi) is 7.88. The van der Waals surface area contributed by atoms with Gasteiger partial charge in [-0.25, -0.2) is 4.98 Å². The predicted molar refractivity (Wildman–Crippen MR) is 143 cm³/mol. The van der Waals surface area contributed by atoms with Crippen molar-refractivity contribution in [3.8, 4) is 17.4 Å². The summed E-state index contributed by atoms with van der Waals surface area (Å²) in [6, 6.07) is 15.3. The number of halogens is 1. The molecule has 0 aliphatic heterocycles. The van der Waals surface area contributed by atoms with Crippen molar-refractivity contribution >= 4 is 26.8 Å². The molecule has 1 N–H and O–H groups in total. The summed E-state index contributed by atoms with van der Waals surface area (Å²) in [5, 5.41) is 13.7. The summed E-state index contributed by atoms with van der Waals surface area (Å²) in [6.07, 6.45) is 3.65. The largest absolute Gasteiger partial charge is 0.493 e. The lowest BCUT2D eigenvalue weighted by molar-refractivity contribution is 0.00138. The first-order valence-electron chi connectivity index (χ1n) is 11.6. The quantitative estimate of drug-likeness (QED) is 0.274. The summed E-state index contributed by atoms with van der Waals surface area (Å²) in [4.78, 5) is 6.83. The number of hydrogen-bond acceptors (Lipinski definition) is 7. The van der Waals surface area contributed by atoms with Crippen molar-refractivity contribution in [1.82, 2.24) is 9.88 Å². The van der Waals surface area contributed by atoms with E-state index < -0.39 is 11.5 Å². The monoisotopic (exact) mass is 554 g/mol. The van der Waals surface area contributed by atoms with Crippen molar-refractivity contribution in [2.75, 3.05) is 42.0 Å². The molecule has 2 aromatic heterocycles. The summed E-state index contributed by atoms with van der Waals surface area (Å²) < 4.78 is 23.6. The second-order valence-electron chi connectivity index (χ2n) is 8.93. The van der Waals surface area contributed by atoms with Crippen molar-refractivity contribution in [2.45, 2.75) is 17.9 Å². The topological polar surface area (TPSA) is 77.2 Å². The minimum Gasteiger partial charge on any atom is -0.493 e. The van der Waals surface area contributed by atoms with E-state index in [2.05, 4.69) is 15.9 Å². The zero-order valence-corrected chi connectivity index (χ0v) is 22.7. The average Bonchev–Trinajstić information content (AvgIpc) is 3.40. The molecule has 2 heterocycles. The molecule has 0 amide bonds. The summed E-state index contributed by atoms with van der Waals surface area (Å²) in [6.45, 7) is 0.611. The minimum absolute atomic E-state index is 0.388. The number of nitrogens with zero attached hydrogens (tertiary/aromatic N) is 2. The van der Waals surface area contributed by atoms with E-state index in [1.165, 1.54) is 0 Å². The molecule has 0 radical (unpaired) electrons. The Labute approximate surface area is 219 Å². The van der Waals surface area contributed by atoms with Crippen LogP contribution in [0.3, 0.4) is 0 Å². The van der Waals surface area contributed by atoms with Gasteiger partial charge in [0.15, 0.2) is 11.5 Å². The van der Waals surface area contributed by atoms with Crippen LogP contribution in [0.25, 0.3) is 10.9 Å². The van der Waals surface area contributed by atoms with Gasteiger partial charge in [0, 0.05) is 33.1 Å².